The number of carbonyl (C=O) groups is 2. The maximum Gasteiger partial charge on any atom is 0.238 e. The molecule has 0 unspecified atom stereocenters. The van der Waals surface area contributed by atoms with Crippen LogP contribution in [0.3, 0.4) is 0 Å². The molecule has 3 aliphatic heterocycles. The van der Waals surface area contributed by atoms with Gasteiger partial charge >= 0.3 is 0 Å². The van der Waals surface area contributed by atoms with E-state index < -0.39 is 77.1 Å². The van der Waals surface area contributed by atoms with Crippen molar-refractivity contribution >= 4 is 40.7 Å². The molecule has 0 radical (unpaired) electrons. The Labute approximate surface area is 257 Å². The quantitative estimate of drug-likeness (QED) is 0.358. The molecule has 2 spiro atoms. The largest absolute Gasteiger partial charge is 0.388 e. The molecule has 3 fully saturated rings. The van der Waals surface area contributed by atoms with E-state index in [0.717, 1.165) is 0 Å². The van der Waals surface area contributed by atoms with E-state index >= 15 is 4.39 Å². The van der Waals surface area contributed by atoms with Gasteiger partial charge in [0.2, 0.25) is 11.8 Å². The Balaban J connectivity index is 1.46. The summed E-state index contributed by atoms with van der Waals surface area (Å²) in [6.07, 6.45) is 0.433. The molecule has 0 aromatic heterocycles. The van der Waals surface area contributed by atoms with Crippen LogP contribution in [0.4, 0.5) is 18.9 Å². The first kappa shape index (κ1) is 30.6. The molecule has 43 heavy (non-hydrogen) atoms. The van der Waals surface area contributed by atoms with Crippen molar-refractivity contribution in [3.63, 3.8) is 0 Å². The second kappa shape index (κ2) is 10.6. The minimum absolute atomic E-state index is 0.0370. The van der Waals surface area contributed by atoms with Gasteiger partial charge in [-0.3, -0.25) is 23.7 Å². The average molecular weight is 641 g/mol. The number of hydrogen-bond donors (Lipinski definition) is 4. The number of anilines is 1. The maximum atomic E-state index is 16.0. The summed E-state index contributed by atoms with van der Waals surface area (Å²) in [5.41, 5.74) is -4.41. The van der Waals surface area contributed by atoms with Crippen molar-refractivity contribution in [2.75, 3.05) is 25.3 Å². The van der Waals surface area contributed by atoms with E-state index in [0.29, 0.717) is 29.1 Å². The molecule has 1 saturated carbocycles. The van der Waals surface area contributed by atoms with Crippen LogP contribution in [0.5, 0.6) is 0 Å². The molecule has 5 atom stereocenters. The number of ether oxygens (including phenoxy) is 1. The van der Waals surface area contributed by atoms with Crippen LogP contribution in [0.15, 0.2) is 36.4 Å². The van der Waals surface area contributed by atoms with E-state index in [1.165, 1.54) is 12.1 Å². The Hall–Kier alpha value is -2.37. The zero-order chi connectivity index (χ0) is 30.9. The molecule has 4 N–H and O–H groups in total. The summed E-state index contributed by atoms with van der Waals surface area (Å²) in [5.74, 6) is -2.95. The predicted octanol–water partition coefficient (Wildman–Crippen LogP) is 4.97. The Morgan fingerprint density at radius 2 is 1.88 bits per heavy atom. The summed E-state index contributed by atoms with van der Waals surface area (Å²) in [5, 5.41) is 19.7. The number of benzene rings is 2. The fraction of sp³-hybridized carbons (Fsp3) is 0.548. The Morgan fingerprint density at radius 1 is 1.16 bits per heavy atom. The normalized spacial score (nSPS) is 30.7. The van der Waals surface area contributed by atoms with Crippen LogP contribution in [0.25, 0.3) is 0 Å². The van der Waals surface area contributed by atoms with Crippen molar-refractivity contribution in [2.24, 2.45) is 5.41 Å². The van der Waals surface area contributed by atoms with Gasteiger partial charge in [-0.05, 0) is 68.9 Å². The molecular formula is C31H34Cl2F3N3O4. The molecule has 0 bridgehead atoms. The number of hydrogen-bond acceptors (Lipinski definition) is 5. The highest BCUT2D eigenvalue weighted by atomic mass is 35.5. The summed E-state index contributed by atoms with van der Waals surface area (Å²) in [6, 6.07) is 7.66. The second-order valence-corrected chi connectivity index (χ2v) is 14.0. The van der Waals surface area contributed by atoms with Gasteiger partial charge in [0.15, 0.2) is 0 Å². The SMILES string of the molecule is CC(C)(O)[C@@H]1CC[C@@H](NC(=O)[C@@H]2NC3(CC(CF)(CF)C3)[C@@]3(C(=O)Nc4cc(Cl)ccc43)[C@H]2c2cccc(Cl)c2F)CO1. The van der Waals surface area contributed by atoms with Crippen LogP contribution in [0.1, 0.15) is 56.6 Å². The van der Waals surface area contributed by atoms with Crippen molar-refractivity contribution in [1.29, 1.82) is 0 Å². The highest BCUT2D eigenvalue weighted by Crippen LogP contribution is 2.68. The molecule has 1 aliphatic carbocycles. The molecule has 2 aromatic rings. The summed E-state index contributed by atoms with van der Waals surface area (Å²) in [6.45, 7) is 1.56. The van der Waals surface area contributed by atoms with Crippen LogP contribution in [0, 0.1) is 11.2 Å². The fourth-order valence-electron chi connectivity index (χ4n) is 8.07. The van der Waals surface area contributed by atoms with Gasteiger partial charge in [0.25, 0.3) is 0 Å². The van der Waals surface area contributed by atoms with E-state index in [4.69, 9.17) is 27.9 Å². The summed E-state index contributed by atoms with van der Waals surface area (Å²) < 4.78 is 50.4. The van der Waals surface area contributed by atoms with Crippen molar-refractivity contribution in [3.8, 4) is 0 Å². The highest BCUT2D eigenvalue weighted by Gasteiger charge is 2.78. The van der Waals surface area contributed by atoms with Crippen molar-refractivity contribution in [3.05, 3.63) is 63.4 Å². The lowest BCUT2D eigenvalue weighted by molar-refractivity contribution is -0.132. The highest BCUT2D eigenvalue weighted by molar-refractivity contribution is 6.31. The smallest absolute Gasteiger partial charge is 0.238 e. The van der Waals surface area contributed by atoms with Crippen molar-refractivity contribution in [1.82, 2.24) is 10.6 Å². The van der Waals surface area contributed by atoms with Gasteiger partial charge in [0, 0.05) is 27.6 Å². The molecule has 232 valence electrons. The van der Waals surface area contributed by atoms with Gasteiger partial charge < -0.3 is 20.5 Å². The number of halogens is 5. The number of alkyl halides is 2. The molecule has 6 rings (SSSR count). The van der Waals surface area contributed by atoms with E-state index in [1.54, 1.807) is 38.1 Å². The zero-order valence-electron chi connectivity index (χ0n) is 23.8. The first-order chi connectivity index (χ1) is 20.3. The first-order valence-electron chi connectivity index (χ1n) is 14.4. The third-order valence-electron chi connectivity index (χ3n) is 9.93. The Bertz CT molecular complexity index is 1450. The number of nitrogens with one attached hydrogen (secondary N) is 3. The monoisotopic (exact) mass is 639 g/mol. The van der Waals surface area contributed by atoms with Gasteiger partial charge in [0.05, 0.1) is 48.8 Å². The van der Waals surface area contributed by atoms with Gasteiger partial charge in [-0.15, -0.1) is 0 Å². The molecule has 4 aliphatic rings. The molecule has 2 saturated heterocycles. The fourth-order valence-corrected chi connectivity index (χ4v) is 8.43. The van der Waals surface area contributed by atoms with Crippen molar-refractivity contribution in [2.45, 2.75) is 80.2 Å². The standard InChI is InChI=1S/C31H34Cl2F3N3O4/c1-28(2,42)22-9-7-17(11-43-22)37-26(40)25-23(18-4-3-5-20(33)24(18)36)31(30(39-25)12-29(13-30,14-34)15-35)19-8-6-16(32)10-21(19)38-27(31)41/h3-6,8,10,17,22-23,25,39,42H,7,9,11-15H2,1-2H3,(H,37,40)(H,38,41)/t17-,22+,23+,25-,31-/m1/s1. The number of aliphatic hydroxyl groups is 1. The molecular weight excluding hydrogens is 606 g/mol. The first-order valence-corrected chi connectivity index (χ1v) is 15.2. The van der Waals surface area contributed by atoms with Gasteiger partial charge in [-0.2, -0.15) is 0 Å². The third-order valence-corrected chi connectivity index (χ3v) is 10.5. The number of fused-ring (bicyclic) bond motifs is 3. The van der Waals surface area contributed by atoms with E-state index in [-0.39, 0.29) is 30.0 Å². The van der Waals surface area contributed by atoms with Gasteiger partial charge in [-0.25, -0.2) is 4.39 Å². The van der Waals surface area contributed by atoms with Crippen molar-refractivity contribution < 1.29 is 32.6 Å². The zero-order valence-corrected chi connectivity index (χ0v) is 25.3. The lowest BCUT2D eigenvalue weighted by atomic mass is 9.46. The summed E-state index contributed by atoms with van der Waals surface area (Å²) in [4.78, 5) is 28.5. The predicted molar refractivity (Wildman–Crippen MR) is 156 cm³/mol. The molecule has 3 heterocycles. The van der Waals surface area contributed by atoms with E-state index in [2.05, 4.69) is 16.0 Å². The van der Waals surface area contributed by atoms with Crippen LogP contribution in [0.2, 0.25) is 10.0 Å². The summed E-state index contributed by atoms with van der Waals surface area (Å²) >= 11 is 12.5. The number of carbonyl (C=O) groups excluding carboxylic acids is 2. The van der Waals surface area contributed by atoms with E-state index in [1.807, 2.05) is 0 Å². The molecule has 12 heteroatoms. The van der Waals surface area contributed by atoms with E-state index in [9.17, 15) is 23.5 Å². The lowest BCUT2D eigenvalue weighted by Crippen LogP contribution is -2.70. The van der Waals surface area contributed by atoms with Crippen LogP contribution < -0.4 is 16.0 Å². The van der Waals surface area contributed by atoms with Crippen LogP contribution in [-0.4, -0.2) is 66.2 Å². The topological polar surface area (TPSA) is 99.7 Å². The molecule has 2 aromatic carbocycles. The second-order valence-electron chi connectivity index (χ2n) is 13.2. The lowest BCUT2D eigenvalue weighted by Gasteiger charge is -2.59. The molecule has 2 amide bonds. The minimum Gasteiger partial charge on any atom is -0.388 e. The number of amides is 2. The van der Waals surface area contributed by atoms with Crippen LogP contribution in [-0.2, 0) is 19.7 Å². The van der Waals surface area contributed by atoms with Crippen LogP contribution >= 0.6 is 23.2 Å². The summed E-state index contributed by atoms with van der Waals surface area (Å²) in [7, 11) is 0. The Morgan fingerprint density at radius 3 is 2.51 bits per heavy atom. The van der Waals surface area contributed by atoms with Gasteiger partial charge in [-0.1, -0.05) is 41.4 Å². The number of rotatable bonds is 6. The third kappa shape index (κ3) is 4.59. The Kier molecular flexibility index (Phi) is 7.57. The minimum atomic E-state index is -1.62. The molecule has 7 nitrogen and oxygen atoms in total. The maximum absolute atomic E-state index is 16.0. The van der Waals surface area contributed by atoms with Gasteiger partial charge in [0.1, 0.15) is 11.2 Å². The average Bonchev–Trinajstić information content (AvgIpc) is 3.41.